The third-order valence-electron chi connectivity index (χ3n) is 1.64. The Hall–Kier alpha value is -0.170. The van der Waals surface area contributed by atoms with Crippen LogP contribution in [0.5, 0.6) is 0 Å². The molecule has 0 N–H and O–H groups in total. The molecule has 76 valence electrons. The molecular weight excluding hydrogens is 364 g/mol. The molecule has 0 heterocycles. The fourth-order valence-electron chi connectivity index (χ4n) is 0.937. The summed E-state index contributed by atoms with van der Waals surface area (Å²) in [4.78, 5) is 12.9. The maximum Gasteiger partial charge on any atom is 0.253 e. The van der Waals surface area contributed by atoms with Crippen LogP contribution in [0.1, 0.15) is 10.4 Å². The van der Waals surface area contributed by atoms with Crippen LogP contribution >= 0.6 is 38.5 Å². The summed E-state index contributed by atoms with van der Waals surface area (Å²) >= 11 is 5.07. The van der Waals surface area contributed by atoms with E-state index in [1.54, 1.807) is 20.2 Å². The highest BCUT2D eigenvalue weighted by molar-refractivity contribution is 14.1. The first-order chi connectivity index (χ1) is 6.43. The lowest BCUT2D eigenvalue weighted by Crippen LogP contribution is -2.21. The number of hydrogen-bond acceptors (Lipinski definition) is 1. The average Bonchev–Trinajstić information content (AvgIpc) is 2.12. The second-order valence-electron chi connectivity index (χ2n) is 2.95. The molecule has 0 radical (unpaired) electrons. The van der Waals surface area contributed by atoms with Crippen molar-refractivity contribution in [2.75, 3.05) is 14.1 Å². The maximum atomic E-state index is 13.2. The van der Waals surface area contributed by atoms with E-state index in [1.165, 1.54) is 11.0 Å². The summed E-state index contributed by atoms with van der Waals surface area (Å²) in [6.45, 7) is 0. The van der Waals surface area contributed by atoms with Gasteiger partial charge in [0.25, 0.3) is 5.91 Å². The molecule has 0 aromatic heterocycles. The van der Waals surface area contributed by atoms with Gasteiger partial charge in [0.2, 0.25) is 0 Å². The second kappa shape index (κ2) is 4.57. The summed E-state index contributed by atoms with van der Waals surface area (Å²) < 4.78 is 14.3. The SMILES string of the molecule is CN(C)C(=O)c1cc(F)c(Br)c(I)c1. The molecule has 0 saturated heterocycles. The van der Waals surface area contributed by atoms with Gasteiger partial charge >= 0.3 is 0 Å². The van der Waals surface area contributed by atoms with Crippen LogP contribution in [0, 0.1) is 9.39 Å². The third-order valence-corrected chi connectivity index (χ3v) is 4.03. The minimum absolute atomic E-state index is 0.200. The lowest BCUT2D eigenvalue weighted by molar-refractivity contribution is 0.0827. The van der Waals surface area contributed by atoms with Gasteiger partial charge in [-0.05, 0) is 50.7 Å². The molecule has 0 unspecified atom stereocenters. The van der Waals surface area contributed by atoms with Crippen molar-refractivity contribution in [2.24, 2.45) is 0 Å². The molecule has 0 aliphatic heterocycles. The van der Waals surface area contributed by atoms with Crippen molar-refractivity contribution >= 4 is 44.4 Å². The van der Waals surface area contributed by atoms with Gasteiger partial charge in [0, 0.05) is 23.2 Å². The quantitative estimate of drug-likeness (QED) is 0.549. The van der Waals surface area contributed by atoms with Crippen molar-refractivity contribution in [3.05, 3.63) is 31.6 Å². The Bertz CT molecular complexity index is 358. The predicted octanol–water partition coefficient (Wildman–Crippen LogP) is 2.89. The van der Waals surface area contributed by atoms with Gasteiger partial charge in [-0.2, -0.15) is 0 Å². The molecular formula is C9H8BrFINO. The number of nitrogens with zero attached hydrogens (tertiary/aromatic N) is 1. The molecule has 5 heteroatoms. The van der Waals surface area contributed by atoms with Crippen LogP contribution in [0.25, 0.3) is 0 Å². The Morgan fingerprint density at radius 2 is 2.07 bits per heavy atom. The number of rotatable bonds is 1. The van der Waals surface area contributed by atoms with Gasteiger partial charge in [-0.25, -0.2) is 4.39 Å². The van der Waals surface area contributed by atoms with E-state index in [9.17, 15) is 9.18 Å². The van der Waals surface area contributed by atoms with Gasteiger partial charge in [-0.15, -0.1) is 0 Å². The minimum atomic E-state index is -0.415. The zero-order chi connectivity index (χ0) is 10.9. The zero-order valence-electron chi connectivity index (χ0n) is 7.64. The predicted molar refractivity (Wildman–Crippen MR) is 64.8 cm³/mol. The second-order valence-corrected chi connectivity index (χ2v) is 4.91. The fourth-order valence-corrected chi connectivity index (χ4v) is 1.76. The Kier molecular flexibility index (Phi) is 3.88. The van der Waals surface area contributed by atoms with Gasteiger partial charge < -0.3 is 4.90 Å². The molecule has 1 aromatic rings. The Balaban J connectivity index is 3.19. The van der Waals surface area contributed by atoms with E-state index in [0.29, 0.717) is 13.6 Å². The first-order valence-corrected chi connectivity index (χ1v) is 5.67. The summed E-state index contributed by atoms with van der Waals surface area (Å²) in [5, 5.41) is 0. The van der Waals surface area contributed by atoms with E-state index in [2.05, 4.69) is 15.9 Å². The maximum absolute atomic E-state index is 13.2. The van der Waals surface area contributed by atoms with Crippen LogP contribution in [-0.4, -0.2) is 24.9 Å². The lowest BCUT2D eigenvalue weighted by Gasteiger charge is -2.11. The number of halogens is 3. The summed E-state index contributed by atoms with van der Waals surface area (Å²) in [6.07, 6.45) is 0. The molecule has 0 aliphatic rings. The first kappa shape index (κ1) is 11.9. The van der Waals surface area contributed by atoms with E-state index in [4.69, 9.17) is 0 Å². The van der Waals surface area contributed by atoms with Crippen LogP contribution in [0.15, 0.2) is 16.6 Å². The van der Waals surface area contributed by atoms with E-state index in [-0.39, 0.29) is 5.91 Å². The Labute approximate surface area is 104 Å². The Morgan fingerprint density at radius 1 is 1.50 bits per heavy atom. The minimum Gasteiger partial charge on any atom is -0.345 e. The summed E-state index contributed by atoms with van der Waals surface area (Å²) in [7, 11) is 3.27. The monoisotopic (exact) mass is 371 g/mol. The smallest absolute Gasteiger partial charge is 0.253 e. The van der Waals surface area contributed by atoms with Crippen LogP contribution < -0.4 is 0 Å². The van der Waals surface area contributed by atoms with Gasteiger partial charge in [0.15, 0.2) is 0 Å². The summed E-state index contributed by atoms with van der Waals surface area (Å²) in [5.41, 5.74) is 0.361. The largest absolute Gasteiger partial charge is 0.345 e. The van der Waals surface area contributed by atoms with Gasteiger partial charge in [-0.1, -0.05) is 0 Å². The number of carbonyl (C=O) groups excluding carboxylic acids is 1. The fraction of sp³-hybridized carbons (Fsp3) is 0.222. The van der Waals surface area contributed by atoms with E-state index in [0.717, 1.165) is 0 Å². The molecule has 0 spiro atoms. The van der Waals surface area contributed by atoms with Gasteiger partial charge in [0.1, 0.15) is 5.82 Å². The molecule has 1 rings (SSSR count). The first-order valence-electron chi connectivity index (χ1n) is 3.79. The summed E-state index contributed by atoms with van der Waals surface area (Å²) in [5.74, 6) is -0.614. The van der Waals surface area contributed by atoms with Crippen LogP contribution in [0.3, 0.4) is 0 Å². The highest BCUT2D eigenvalue weighted by Crippen LogP contribution is 2.24. The lowest BCUT2D eigenvalue weighted by atomic mass is 10.2. The Morgan fingerprint density at radius 3 is 2.50 bits per heavy atom. The van der Waals surface area contributed by atoms with Crippen molar-refractivity contribution in [1.29, 1.82) is 0 Å². The number of hydrogen-bond donors (Lipinski definition) is 0. The van der Waals surface area contributed by atoms with E-state index in [1.807, 2.05) is 22.6 Å². The van der Waals surface area contributed by atoms with Crippen LogP contribution in [0.2, 0.25) is 0 Å². The number of benzene rings is 1. The third kappa shape index (κ3) is 2.44. The molecule has 1 aromatic carbocycles. The molecule has 0 fully saturated rings. The number of amides is 1. The topological polar surface area (TPSA) is 20.3 Å². The van der Waals surface area contributed by atoms with E-state index >= 15 is 0 Å². The molecule has 0 atom stereocenters. The van der Waals surface area contributed by atoms with Crippen molar-refractivity contribution in [3.63, 3.8) is 0 Å². The number of carbonyl (C=O) groups is 1. The molecule has 1 amide bonds. The van der Waals surface area contributed by atoms with Crippen molar-refractivity contribution in [2.45, 2.75) is 0 Å². The molecule has 2 nitrogen and oxygen atoms in total. The standard InChI is InChI=1S/C9H8BrFINO/c1-13(2)9(14)5-3-6(11)8(10)7(12)4-5/h3-4H,1-2H3. The molecule has 14 heavy (non-hydrogen) atoms. The molecule has 0 bridgehead atoms. The van der Waals surface area contributed by atoms with Crippen LogP contribution in [-0.2, 0) is 0 Å². The van der Waals surface area contributed by atoms with Gasteiger partial charge in [0.05, 0.1) is 4.47 Å². The average molecular weight is 372 g/mol. The summed E-state index contributed by atoms with van der Waals surface area (Å²) in [6, 6.07) is 2.88. The van der Waals surface area contributed by atoms with Crippen molar-refractivity contribution in [3.8, 4) is 0 Å². The normalized spacial score (nSPS) is 10.1. The zero-order valence-corrected chi connectivity index (χ0v) is 11.4. The van der Waals surface area contributed by atoms with Crippen molar-refractivity contribution < 1.29 is 9.18 Å². The highest BCUT2D eigenvalue weighted by atomic mass is 127. The van der Waals surface area contributed by atoms with Crippen molar-refractivity contribution in [1.82, 2.24) is 4.90 Å². The van der Waals surface area contributed by atoms with Crippen LogP contribution in [0.4, 0.5) is 4.39 Å². The van der Waals surface area contributed by atoms with E-state index < -0.39 is 5.82 Å². The molecule has 0 aliphatic carbocycles. The highest BCUT2D eigenvalue weighted by Gasteiger charge is 2.13. The molecule has 0 saturated carbocycles. The van der Waals surface area contributed by atoms with Gasteiger partial charge in [-0.3, -0.25) is 4.79 Å².